The molecule has 0 bridgehead atoms. The van der Waals surface area contributed by atoms with Gasteiger partial charge >= 0.3 is 0 Å². The molecule has 0 amide bonds. The van der Waals surface area contributed by atoms with Crippen LogP contribution in [0.1, 0.15) is 51.4 Å². The van der Waals surface area contributed by atoms with Crippen LogP contribution in [-0.4, -0.2) is 21.9 Å². The first-order valence-electron chi connectivity index (χ1n) is 10.4. The Labute approximate surface area is 174 Å². The number of thiazole rings is 1. The molecular formula is C22H26N4O2S. The molecule has 1 atom stereocenters. The molecule has 152 valence electrons. The summed E-state index contributed by atoms with van der Waals surface area (Å²) in [7, 11) is 0. The van der Waals surface area contributed by atoms with Crippen molar-refractivity contribution in [3.05, 3.63) is 56.7 Å². The van der Waals surface area contributed by atoms with Gasteiger partial charge in [-0.1, -0.05) is 43.5 Å². The van der Waals surface area contributed by atoms with Crippen LogP contribution in [0, 0.1) is 16.0 Å². The lowest BCUT2D eigenvalue weighted by atomic mass is 9.96. The summed E-state index contributed by atoms with van der Waals surface area (Å²) >= 11 is 1.56. The van der Waals surface area contributed by atoms with Crippen LogP contribution in [0.4, 0.5) is 5.69 Å². The van der Waals surface area contributed by atoms with E-state index in [-0.39, 0.29) is 10.6 Å². The van der Waals surface area contributed by atoms with Crippen molar-refractivity contribution < 1.29 is 4.92 Å². The zero-order chi connectivity index (χ0) is 20.1. The third-order valence-electron chi connectivity index (χ3n) is 5.61. The van der Waals surface area contributed by atoms with Crippen LogP contribution in [0.5, 0.6) is 0 Å². The van der Waals surface area contributed by atoms with E-state index in [0.29, 0.717) is 12.0 Å². The fourth-order valence-corrected chi connectivity index (χ4v) is 4.87. The highest BCUT2D eigenvalue weighted by Gasteiger charge is 2.16. The van der Waals surface area contributed by atoms with Crippen LogP contribution in [0.2, 0.25) is 0 Å². The van der Waals surface area contributed by atoms with Gasteiger partial charge in [0.15, 0.2) is 0 Å². The Morgan fingerprint density at radius 3 is 2.79 bits per heavy atom. The molecule has 1 aromatic heterocycles. The predicted octanol–water partition coefficient (Wildman–Crippen LogP) is 5.55. The van der Waals surface area contributed by atoms with Gasteiger partial charge in [-0.05, 0) is 38.0 Å². The smallest absolute Gasteiger partial charge is 0.258 e. The van der Waals surface area contributed by atoms with Crippen LogP contribution in [0.25, 0.3) is 11.3 Å². The minimum absolute atomic E-state index is 0.0902. The standard InChI is InChI=1S/C22H26N4O2S/c27-26(28)20-13-7-10-18(14-20)21-16-29-22(24-19-11-5-2-6-12-19)25(21)23-15-17-8-3-1-4-9-17/h1,3,7,10,13-17,19H,2,4-6,8-9,11-12H2. The van der Waals surface area contributed by atoms with E-state index in [1.54, 1.807) is 23.5 Å². The maximum absolute atomic E-state index is 11.2. The molecule has 2 aromatic rings. The van der Waals surface area contributed by atoms with Gasteiger partial charge in [0.1, 0.15) is 0 Å². The molecule has 1 unspecified atom stereocenters. The number of nitrogens with zero attached hydrogens (tertiary/aromatic N) is 4. The fourth-order valence-electron chi connectivity index (χ4n) is 3.96. The van der Waals surface area contributed by atoms with Crippen molar-refractivity contribution in [2.75, 3.05) is 0 Å². The Bertz CT molecular complexity index is 983. The Morgan fingerprint density at radius 1 is 1.17 bits per heavy atom. The lowest BCUT2D eigenvalue weighted by Crippen LogP contribution is -2.19. The van der Waals surface area contributed by atoms with Crippen LogP contribution in [0.3, 0.4) is 0 Å². The van der Waals surface area contributed by atoms with E-state index in [9.17, 15) is 10.1 Å². The maximum Gasteiger partial charge on any atom is 0.270 e. The number of nitro benzene ring substituents is 1. The van der Waals surface area contributed by atoms with Gasteiger partial charge in [-0.2, -0.15) is 5.10 Å². The predicted molar refractivity (Wildman–Crippen MR) is 117 cm³/mol. The zero-order valence-corrected chi connectivity index (χ0v) is 17.3. The molecule has 1 fully saturated rings. The van der Waals surface area contributed by atoms with Gasteiger partial charge < -0.3 is 0 Å². The second-order valence-corrected chi connectivity index (χ2v) is 8.59. The summed E-state index contributed by atoms with van der Waals surface area (Å²) < 4.78 is 1.89. The Morgan fingerprint density at radius 2 is 2.03 bits per heavy atom. The molecule has 0 radical (unpaired) electrons. The highest BCUT2D eigenvalue weighted by molar-refractivity contribution is 7.07. The molecule has 1 heterocycles. The van der Waals surface area contributed by atoms with E-state index in [1.165, 1.54) is 25.3 Å². The summed E-state index contributed by atoms with van der Waals surface area (Å²) in [6.07, 6.45) is 15.7. The minimum atomic E-state index is -0.356. The summed E-state index contributed by atoms with van der Waals surface area (Å²) in [6.45, 7) is 0. The molecule has 0 aliphatic heterocycles. The Balaban J connectivity index is 1.73. The van der Waals surface area contributed by atoms with Gasteiger partial charge in [-0.3, -0.25) is 15.1 Å². The van der Waals surface area contributed by atoms with E-state index in [0.717, 1.165) is 48.2 Å². The van der Waals surface area contributed by atoms with E-state index in [4.69, 9.17) is 10.1 Å². The summed E-state index contributed by atoms with van der Waals surface area (Å²) in [5, 5.41) is 18.0. The minimum Gasteiger partial charge on any atom is -0.258 e. The van der Waals surface area contributed by atoms with Crippen LogP contribution in [-0.2, 0) is 0 Å². The number of aromatic nitrogens is 1. The number of nitro groups is 1. The van der Waals surface area contributed by atoms with E-state index >= 15 is 0 Å². The Hall–Kier alpha value is -2.54. The molecule has 2 aliphatic rings. The largest absolute Gasteiger partial charge is 0.270 e. The van der Waals surface area contributed by atoms with Gasteiger partial charge in [-0.25, -0.2) is 4.68 Å². The van der Waals surface area contributed by atoms with Crippen molar-refractivity contribution >= 4 is 23.2 Å². The molecular weight excluding hydrogens is 384 g/mol. The summed E-state index contributed by atoms with van der Waals surface area (Å²) in [4.78, 5) is 16.7. The van der Waals surface area contributed by atoms with Gasteiger partial charge in [0, 0.05) is 29.3 Å². The summed E-state index contributed by atoms with van der Waals surface area (Å²) in [6, 6.07) is 7.10. The number of non-ortho nitro benzene ring substituents is 1. The average molecular weight is 411 g/mol. The summed E-state index contributed by atoms with van der Waals surface area (Å²) in [5.74, 6) is 0.424. The maximum atomic E-state index is 11.2. The molecule has 0 N–H and O–H groups in total. The van der Waals surface area contributed by atoms with Crippen molar-refractivity contribution in [3.8, 4) is 11.3 Å². The van der Waals surface area contributed by atoms with E-state index in [2.05, 4.69) is 12.2 Å². The molecule has 2 aliphatic carbocycles. The highest BCUT2D eigenvalue weighted by atomic mass is 32.1. The third kappa shape index (κ3) is 4.90. The van der Waals surface area contributed by atoms with E-state index in [1.807, 2.05) is 22.3 Å². The first-order chi connectivity index (χ1) is 14.2. The normalized spacial score (nSPS) is 21.1. The number of allylic oxidation sites excluding steroid dienone is 2. The third-order valence-corrected chi connectivity index (χ3v) is 6.44. The number of hydrogen-bond acceptors (Lipinski definition) is 5. The first kappa shape index (κ1) is 19.8. The van der Waals surface area contributed by atoms with Gasteiger partial charge in [0.25, 0.3) is 5.69 Å². The molecule has 4 rings (SSSR count). The van der Waals surface area contributed by atoms with Crippen molar-refractivity contribution in [1.29, 1.82) is 0 Å². The van der Waals surface area contributed by atoms with Crippen LogP contribution < -0.4 is 4.80 Å². The van der Waals surface area contributed by atoms with Crippen molar-refractivity contribution in [2.24, 2.45) is 16.0 Å². The topological polar surface area (TPSA) is 72.8 Å². The second kappa shape index (κ2) is 9.31. The molecule has 6 nitrogen and oxygen atoms in total. The van der Waals surface area contributed by atoms with Gasteiger partial charge in [-0.15, -0.1) is 11.3 Å². The Kier molecular flexibility index (Phi) is 6.34. The van der Waals surface area contributed by atoms with Gasteiger partial charge in [0.2, 0.25) is 4.80 Å². The molecule has 1 saturated carbocycles. The molecule has 7 heteroatoms. The molecule has 0 saturated heterocycles. The number of benzene rings is 1. The average Bonchev–Trinajstić information content (AvgIpc) is 3.16. The first-order valence-corrected chi connectivity index (χ1v) is 11.3. The number of hydrogen-bond donors (Lipinski definition) is 0. The molecule has 0 spiro atoms. The summed E-state index contributed by atoms with van der Waals surface area (Å²) in [5.41, 5.74) is 1.74. The van der Waals surface area contributed by atoms with E-state index < -0.39 is 0 Å². The number of rotatable bonds is 5. The van der Waals surface area contributed by atoms with Crippen molar-refractivity contribution in [3.63, 3.8) is 0 Å². The SMILES string of the molecule is O=[N+]([O-])c1cccc(-c2csc(=NC3CCCCC3)n2N=CC2CC=CCC2)c1. The highest BCUT2D eigenvalue weighted by Crippen LogP contribution is 2.26. The lowest BCUT2D eigenvalue weighted by molar-refractivity contribution is -0.384. The molecule has 29 heavy (non-hydrogen) atoms. The van der Waals surface area contributed by atoms with Crippen molar-refractivity contribution in [1.82, 2.24) is 4.68 Å². The van der Waals surface area contributed by atoms with Crippen LogP contribution >= 0.6 is 11.3 Å². The molecule has 1 aromatic carbocycles. The van der Waals surface area contributed by atoms with Crippen LogP contribution in [0.15, 0.2) is 51.9 Å². The van der Waals surface area contributed by atoms with Crippen molar-refractivity contribution in [2.45, 2.75) is 57.4 Å². The second-order valence-electron chi connectivity index (χ2n) is 7.75. The van der Waals surface area contributed by atoms with Gasteiger partial charge in [0.05, 0.1) is 16.7 Å². The fraction of sp³-hybridized carbons (Fsp3) is 0.455. The quantitative estimate of drug-likeness (QED) is 0.281. The lowest BCUT2D eigenvalue weighted by Gasteiger charge is -2.17. The monoisotopic (exact) mass is 410 g/mol. The zero-order valence-electron chi connectivity index (χ0n) is 16.4.